The Hall–Kier alpha value is -3.06. The van der Waals surface area contributed by atoms with E-state index in [1.54, 1.807) is 29.8 Å². The largest absolute Gasteiger partial charge is 0.307 e. The number of amides is 1. The van der Waals surface area contributed by atoms with Gasteiger partial charge in [-0.1, -0.05) is 6.07 Å². The predicted molar refractivity (Wildman–Crippen MR) is 113 cm³/mol. The Labute approximate surface area is 167 Å². The molecular weight excluding hydrogens is 370 g/mol. The van der Waals surface area contributed by atoms with E-state index in [0.717, 1.165) is 16.6 Å². The van der Waals surface area contributed by atoms with Gasteiger partial charge in [-0.05, 0) is 52.0 Å². The number of pyridine rings is 2. The van der Waals surface area contributed by atoms with Crippen molar-refractivity contribution in [2.45, 2.75) is 33.7 Å². The summed E-state index contributed by atoms with van der Waals surface area (Å²) < 4.78 is 1.85. The van der Waals surface area contributed by atoms with Crippen LogP contribution in [0.25, 0.3) is 22.3 Å². The molecule has 4 heterocycles. The molecule has 0 fully saturated rings. The maximum atomic E-state index is 13.1. The van der Waals surface area contributed by atoms with Crippen molar-refractivity contribution in [1.82, 2.24) is 19.7 Å². The summed E-state index contributed by atoms with van der Waals surface area (Å²) in [5, 5.41) is 8.08. The van der Waals surface area contributed by atoms with Gasteiger partial charge in [0, 0.05) is 27.6 Å². The van der Waals surface area contributed by atoms with Crippen LogP contribution in [0.1, 0.15) is 40.0 Å². The highest BCUT2D eigenvalue weighted by Gasteiger charge is 2.20. The fourth-order valence-electron chi connectivity index (χ4n) is 3.23. The van der Waals surface area contributed by atoms with Crippen molar-refractivity contribution >= 4 is 34.1 Å². The SMILES string of the molecule is Cc1cc(-c2cc(C(=O)Nc3ccccn3)c3cnn(C(C)C)c3n2)c(C)s1. The normalized spacial score (nSPS) is 11.3. The van der Waals surface area contributed by atoms with Crippen molar-refractivity contribution in [2.75, 3.05) is 5.32 Å². The highest BCUT2D eigenvalue weighted by atomic mass is 32.1. The van der Waals surface area contributed by atoms with Crippen LogP contribution in [0.4, 0.5) is 5.82 Å². The smallest absolute Gasteiger partial charge is 0.257 e. The van der Waals surface area contributed by atoms with Gasteiger partial charge in [-0.15, -0.1) is 11.3 Å². The van der Waals surface area contributed by atoms with Crippen molar-refractivity contribution in [3.63, 3.8) is 0 Å². The Balaban J connectivity index is 1.89. The number of rotatable bonds is 4. The number of nitrogens with one attached hydrogen (secondary N) is 1. The first-order valence-electron chi connectivity index (χ1n) is 9.12. The van der Waals surface area contributed by atoms with E-state index < -0.39 is 0 Å². The first-order chi connectivity index (χ1) is 13.4. The van der Waals surface area contributed by atoms with Crippen LogP contribution >= 0.6 is 11.3 Å². The monoisotopic (exact) mass is 391 g/mol. The van der Waals surface area contributed by atoms with Crippen molar-refractivity contribution in [1.29, 1.82) is 0 Å². The lowest BCUT2D eigenvalue weighted by molar-refractivity contribution is 0.102. The highest BCUT2D eigenvalue weighted by Crippen LogP contribution is 2.32. The minimum Gasteiger partial charge on any atom is -0.307 e. The van der Waals surface area contributed by atoms with Crippen molar-refractivity contribution in [3.05, 3.63) is 58.0 Å². The second kappa shape index (κ2) is 7.16. The molecule has 0 aliphatic heterocycles. The number of fused-ring (bicyclic) bond motifs is 1. The third-order valence-corrected chi connectivity index (χ3v) is 5.49. The quantitative estimate of drug-likeness (QED) is 0.531. The van der Waals surface area contributed by atoms with E-state index in [2.05, 4.69) is 49.2 Å². The minimum absolute atomic E-state index is 0.136. The van der Waals surface area contributed by atoms with E-state index >= 15 is 0 Å². The molecule has 0 aliphatic rings. The molecule has 28 heavy (non-hydrogen) atoms. The van der Waals surface area contributed by atoms with E-state index in [9.17, 15) is 4.79 Å². The van der Waals surface area contributed by atoms with Gasteiger partial charge in [-0.25, -0.2) is 14.6 Å². The Morgan fingerprint density at radius 1 is 1.21 bits per heavy atom. The van der Waals surface area contributed by atoms with Crippen LogP contribution in [0.2, 0.25) is 0 Å². The van der Waals surface area contributed by atoms with Crippen LogP contribution in [-0.2, 0) is 0 Å². The molecule has 4 aromatic heterocycles. The molecule has 7 heteroatoms. The molecule has 4 aromatic rings. The molecule has 4 rings (SSSR count). The number of carbonyl (C=O) groups excluding carboxylic acids is 1. The molecule has 6 nitrogen and oxygen atoms in total. The first-order valence-corrected chi connectivity index (χ1v) is 9.93. The number of aryl methyl sites for hydroxylation is 2. The fourth-order valence-corrected chi connectivity index (χ4v) is 4.16. The van der Waals surface area contributed by atoms with Gasteiger partial charge >= 0.3 is 0 Å². The fraction of sp³-hybridized carbons (Fsp3) is 0.238. The predicted octanol–water partition coefficient (Wildman–Crippen LogP) is 5.00. The van der Waals surface area contributed by atoms with E-state index in [1.165, 1.54) is 9.75 Å². The van der Waals surface area contributed by atoms with Crippen LogP contribution in [0.3, 0.4) is 0 Å². The third-order valence-electron chi connectivity index (χ3n) is 4.52. The second-order valence-corrected chi connectivity index (χ2v) is 8.43. The summed E-state index contributed by atoms with van der Waals surface area (Å²) in [4.78, 5) is 24.5. The standard InChI is InChI=1S/C21H21N5OS/c1-12(2)26-20-17(11-23-26)16(21(27)25-19-7-5-6-8-22-19)10-18(24-20)15-9-13(3)28-14(15)4/h5-12H,1-4H3,(H,22,25,27). The lowest BCUT2D eigenvalue weighted by Crippen LogP contribution is -2.14. The van der Waals surface area contributed by atoms with Gasteiger partial charge in [-0.2, -0.15) is 5.10 Å². The molecule has 0 unspecified atom stereocenters. The number of anilines is 1. The van der Waals surface area contributed by atoms with Crippen molar-refractivity contribution in [3.8, 4) is 11.3 Å². The Bertz CT molecular complexity index is 1160. The molecule has 0 aromatic carbocycles. The molecule has 0 saturated heterocycles. The lowest BCUT2D eigenvalue weighted by Gasteiger charge is -2.11. The van der Waals surface area contributed by atoms with Crippen LogP contribution in [0.5, 0.6) is 0 Å². The average Bonchev–Trinajstić information content (AvgIpc) is 3.24. The molecule has 142 valence electrons. The van der Waals surface area contributed by atoms with Gasteiger partial charge in [0.1, 0.15) is 5.82 Å². The van der Waals surface area contributed by atoms with Gasteiger partial charge in [-0.3, -0.25) is 4.79 Å². The highest BCUT2D eigenvalue weighted by molar-refractivity contribution is 7.12. The summed E-state index contributed by atoms with van der Waals surface area (Å²) in [5.41, 5.74) is 3.08. The van der Waals surface area contributed by atoms with E-state index in [1.807, 2.05) is 22.9 Å². The summed E-state index contributed by atoms with van der Waals surface area (Å²) in [7, 11) is 0. The number of thiophene rings is 1. The third kappa shape index (κ3) is 3.29. The maximum absolute atomic E-state index is 13.1. The number of hydrogen-bond donors (Lipinski definition) is 1. The molecule has 0 aliphatic carbocycles. The average molecular weight is 392 g/mol. The molecule has 0 bridgehead atoms. The number of carbonyl (C=O) groups is 1. The zero-order valence-corrected chi connectivity index (χ0v) is 17.0. The number of aromatic nitrogens is 4. The van der Waals surface area contributed by atoms with Crippen LogP contribution < -0.4 is 5.32 Å². The number of hydrogen-bond acceptors (Lipinski definition) is 5. The van der Waals surface area contributed by atoms with E-state index in [0.29, 0.717) is 17.0 Å². The zero-order chi connectivity index (χ0) is 19.8. The minimum atomic E-state index is -0.222. The van der Waals surface area contributed by atoms with Crippen LogP contribution in [0, 0.1) is 13.8 Å². The van der Waals surface area contributed by atoms with Crippen LogP contribution in [-0.4, -0.2) is 25.7 Å². The zero-order valence-electron chi connectivity index (χ0n) is 16.2. The molecule has 0 atom stereocenters. The molecule has 0 saturated carbocycles. The van der Waals surface area contributed by atoms with Gasteiger partial charge in [0.05, 0.1) is 22.8 Å². The second-order valence-electron chi connectivity index (χ2n) is 6.97. The van der Waals surface area contributed by atoms with Gasteiger partial charge < -0.3 is 5.32 Å². The van der Waals surface area contributed by atoms with E-state index in [-0.39, 0.29) is 11.9 Å². The van der Waals surface area contributed by atoms with Crippen molar-refractivity contribution < 1.29 is 4.79 Å². The molecule has 0 radical (unpaired) electrons. The van der Waals surface area contributed by atoms with Gasteiger partial charge in [0.2, 0.25) is 0 Å². The number of nitrogens with zero attached hydrogens (tertiary/aromatic N) is 4. The summed E-state index contributed by atoms with van der Waals surface area (Å²) in [6, 6.07) is 9.52. The molecule has 1 amide bonds. The molecule has 1 N–H and O–H groups in total. The Kier molecular flexibility index (Phi) is 4.68. The van der Waals surface area contributed by atoms with Crippen LogP contribution in [0.15, 0.2) is 42.7 Å². The van der Waals surface area contributed by atoms with Gasteiger partial charge in [0.25, 0.3) is 5.91 Å². The first kappa shape index (κ1) is 18.3. The summed E-state index contributed by atoms with van der Waals surface area (Å²) in [6.07, 6.45) is 3.36. The Morgan fingerprint density at radius 3 is 2.68 bits per heavy atom. The summed E-state index contributed by atoms with van der Waals surface area (Å²) in [5.74, 6) is 0.290. The van der Waals surface area contributed by atoms with Crippen molar-refractivity contribution in [2.24, 2.45) is 0 Å². The topological polar surface area (TPSA) is 72.7 Å². The summed E-state index contributed by atoms with van der Waals surface area (Å²) in [6.45, 7) is 8.25. The van der Waals surface area contributed by atoms with E-state index in [4.69, 9.17) is 4.98 Å². The Morgan fingerprint density at radius 2 is 2.04 bits per heavy atom. The van der Waals surface area contributed by atoms with Gasteiger partial charge in [0.15, 0.2) is 5.65 Å². The molecular formula is C21H21N5OS. The maximum Gasteiger partial charge on any atom is 0.257 e. The molecule has 0 spiro atoms. The lowest BCUT2D eigenvalue weighted by atomic mass is 10.1. The summed E-state index contributed by atoms with van der Waals surface area (Å²) >= 11 is 1.73.